The third-order valence-corrected chi connectivity index (χ3v) is 5.46. The average Bonchev–Trinajstić information content (AvgIpc) is 3.29. The number of benzene rings is 2. The van der Waals surface area contributed by atoms with Gasteiger partial charge in [-0.25, -0.2) is 0 Å². The molecule has 0 aliphatic carbocycles. The van der Waals surface area contributed by atoms with Crippen LogP contribution >= 0.6 is 24.0 Å². The normalized spacial score (nSPS) is 15.5. The summed E-state index contributed by atoms with van der Waals surface area (Å²) in [5, 5.41) is 0. The van der Waals surface area contributed by atoms with Gasteiger partial charge in [0.15, 0.2) is 4.32 Å². The molecule has 2 heterocycles. The molecule has 1 amide bonds. The van der Waals surface area contributed by atoms with Crippen LogP contribution in [0.15, 0.2) is 76.1 Å². The summed E-state index contributed by atoms with van der Waals surface area (Å²) >= 11 is 6.69. The number of anilines is 1. The van der Waals surface area contributed by atoms with Crippen LogP contribution in [0.5, 0.6) is 5.75 Å². The number of thioether (sulfide) groups is 1. The summed E-state index contributed by atoms with van der Waals surface area (Å²) in [6.07, 6.45) is 1.74. The minimum absolute atomic E-state index is 0.156. The van der Waals surface area contributed by atoms with Gasteiger partial charge in [-0.3, -0.25) is 9.69 Å². The van der Waals surface area contributed by atoms with Crippen LogP contribution in [0.1, 0.15) is 12.7 Å². The Kier molecular flexibility index (Phi) is 5.32. The smallest absolute Gasteiger partial charge is 0.270 e. The molecule has 28 heavy (non-hydrogen) atoms. The Morgan fingerprint density at radius 2 is 1.82 bits per heavy atom. The van der Waals surface area contributed by atoms with Gasteiger partial charge < -0.3 is 9.15 Å². The number of rotatable bonds is 5. The van der Waals surface area contributed by atoms with E-state index in [9.17, 15) is 4.79 Å². The second-order valence-corrected chi connectivity index (χ2v) is 7.69. The van der Waals surface area contributed by atoms with Crippen molar-refractivity contribution in [3.05, 3.63) is 77.4 Å². The quantitative estimate of drug-likeness (QED) is 0.398. The van der Waals surface area contributed by atoms with Crippen LogP contribution in [0.3, 0.4) is 0 Å². The Labute approximate surface area is 172 Å². The van der Waals surface area contributed by atoms with Gasteiger partial charge in [0.05, 0.1) is 17.2 Å². The molecule has 4 rings (SSSR count). The maximum absolute atomic E-state index is 12.9. The van der Waals surface area contributed by atoms with E-state index in [4.69, 9.17) is 21.4 Å². The molecular weight excluding hydrogens is 390 g/mol. The average molecular weight is 408 g/mol. The van der Waals surface area contributed by atoms with Gasteiger partial charge in [-0.1, -0.05) is 54.3 Å². The molecule has 0 atom stereocenters. The molecule has 0 unspecified atom stereocenters. The highest BCUT2D eigenvalue weighted by atomic mass is 32.2. The summed E-state index contributed by atoms with van der Waals surface area (Å²) in [6.45, 7) is 2.52. The van der Waals surface area contributed by atoms with E-state index in [1.54, 1.807) is 6.08 Å². The zero-order chi connectivity index (χ0) is 19.5. The fourth-order valence-electron chi connectivity index (χ4n) is 2.87. The molecule has 1 aliphatic rings. The van der Waals surface area contributed by atoms with E-state index in [1.807, 2.05) is 73.7 Å². The Morgan fingerprint density at radius 1 is 1.07 bits per heavy atom. The van der Waals surface area contributed by atoms with E-state index in [1.165, 1.54) is 16.7 Å². The maximum atomic E-state index is 12.9. The summed E-state index contributed by atoms with van der Waals surface area (Å²) in [7, 11) is 0. The lowest BCUT2D eigenvalue weighted by Crippen LogP contribution is -2.27. The molecule has 0 N–H and O–H groups in total. The fourth-order valence-corrected chi connectivity index (χ4v) is 4.14. The highest BCUT2D eigenvalue weighted by Gasteiger charge is 2.33. The highest BCUT2D eigenvalue weighted by Crippen LogP contribution is 2.37. The van der Waals surface area contributed by atoms with E-state index in [2.05, 4.69) is 0 Å². The van der Waals surface area contributed by atoms with Crippen LogP contribution in [0.4, 0.5) is 5.69 Å². The molecule has 0 saturated carbocycles. The molecule has 140 valence electrons. The van der Waals surface area contributed by atoms with Crippen molar-refractivity contribution < 1.29 is 13.9 Å². The zero-order valence-corrected chi connectivity index (χ0v) is 16.8. The maximum Gasteiger partial charge on any atom is 0.270 e. The SMILES string of the molecule is CCOc1ccc(N2C(=O)/C(=C/c3ccc(-c4ccccc4)o3)SC2=S)cc1. The van der Waals surface area contributed by atoms with Crippen molar-refractivity contribution in [2.45, 2.75) is 6.92 Å². The van der Waals surface area contributed by atoms with E-state index in [-0.39, 0.29) is 5.91 Å². The van der Waals surface area contributed by atoms with Gasteiger partial charge in [-0.15, -0.1) is 0 Å². The number of ether oxygens (including phenoxy) is 1. The molecule has 4 nitrogen and oxygen atoms in total. The predicted octanol–water partition coefficient (Wildman–Crippen LogP) is 5.75. The monoisotopic (exact) mass is 407 g/mol. The topological polar surface area (TPSA) is 42.7 Å². The standard InChI is InChI=1S/C22H17NO3S2/c1-2-25-17-10-8-16(9-11-17)23-21(24)20(28-22(23)27)14-18-12-13-19(26-18)15-6-4-3-5-7-15/h3-14H,2H2,1H3/b20-14-. The molecule has 0 radical (unpaired) electrons. The van der Waals surface area contributed by atoms with Crippen molar-refractivity contribution >= 4 is 46.0 Å². The van der Waals surface area contributed by atoms with Crippen LogP contribution in [-0.2, 0) is 4.79 Å². The fraction of sp³-hybridized carbons (Fsp3) is 0.0909. The second-order valence-electron chi connectivity index (χ2n) is 6.01. The largest absolute Gasteiger partial charge is 0.494 e. The van der Waals surface area contributed by atoms with Crippen LogP contribution < -0.4 is 9.64 Å². The second kappa shape index (κ2) is 8.04. The Morgan fingerprint density at radius 3 is 2.54 bits per heavy atom. The molecule has 3 aromatic rings. The van der Waals surface area contributed by atoms with Crippen molar-refractivity contribution in [1.82, 2.24) is 0 Å². The number of nitrogens with zero attached hydrogens (tertiary/aromatic N) is 1. The summed E-state index contributed by atoms with van der Waals surface area (Å²) in [5.74, 6) is 1.98. The molecule has 1 aromatic heterocycles. The summed E-state index contributed by atoms with van der Waals surface area (Å²) in [6, 6.07) is 20.9. The van der Waals surface area contributed by atoms with Crippen LogP contribution in [0, 0.1) is 0 Å². The van der Waals surface area contributed by atoms with E-state index in [0.29, 0.717) is 21.6 Å². The number of hydrogen-bond acceptors (Lipinski definition) is 5. The first-order chi connectivity index (χ1) is 13.7. The summed E-state index contributed by atoms with van der Waals surface area (Å²) < 4.78 is 11.8. The molecule has 1 saturated heterocycles. The molecule has 1 fully saturated rings. The molecule has 6 heteroatoms. The van der Waals surface area contributed by atoms with Gasteiger partial charge in [-0.2, -0.15) is 0 Å². The molecular formula is C22H17NO3S2. The highest BCUT2D eigenvalue weighted by molar-refractivity contribution is 8.27. The van der Waals surface area contributed by atoms with Crippen molar-refractivity contribution in [2.24, 2.45) is 0 Å². The molecule has 2 aromatic carbocycles. The number of carbonyl (C=O) groups excluding carboxylic acids is 1. The van der Waals surface area contributed by atoms with Crippen LogP contribution in [-0.4, -0.2) is 16.8 Å². The lowest BCUT2D eigenvalue weighted by Gasteiger charge is -2.15. The number of carbonyl (C=O) groups is 1. The van der Waals surface area contributed by atoms with Crippen molar-refractivity contribution in [1.29, 1.82) is 0 Å². The zero-order valence-electron chi connectivity index (χ0n) is 15.1. The summed E-state index contributed by atoms with van der Waals surface area (Å²) in [5.41, 5.74) is 1.71. The Balaban J connectivity index is 1.56. The molecule has 0 spiro atoms. The van der Waals surface area contributed by atoms with Gasteiger partial charge >= 0.3 is 0 Å². The minimum atomic E-state index is -0.156. The van der Waals surface area contributed by atoms with Gasteiger partial charge in [-0.05, 0) is 43.3 Å². The number of thiocarbonyl (C=S) groups is 1. The van der Waals surface area contributed by atoms with E-state index in [0.717, 1.165) is 22.8 Å². The third-order valence-electron chi connectivity index (χ3n) is 4.16. The first kappa shape index (κ1) is 18.5. The van der Waals surface area contributed by atoms with E-state index < -0.39 is 0 Å². The summed E-state index contributed by atoms with van der Waals surface area (Å²) in [4.78, 5) is 14.9. The Bertz CT molecular complexity index is 1040. The molecule has 0 bridgehead atoms. The first-order valence-electron chi connectivity index (χ1n) is 8.82. The van der Waals surface area contributed by atoms with Crippen molar-refractivity contribution in [3.63, 3.8) is 0 Å². The van der Waals surface area contributed by atoms with Gasteiger partial charge in [0, 0.05) is 11.6 Å². The van der Waals surface area contributed by atoms with Crippen molar-refractivity contribution in [3.8, 4) is 17.1 Å². The number of hydrogen-bond donors (Lipinski definition) is 0. The number of amides is 1. The van der Waals surface area contributed by atoms with Gasteiger partial charge in [0.1, 0.15) is 17.3 Å². The third kappa shape index (κ3) is 3.74. The van der Waals surface area contributed by atoms with Crippen LogP contribution in [0.2, 0.25) is 0 Å². The van der Waals surface area contributed by atoms with Gasteiger partial charge in [0.2, 0.25) is 0 Å². The lowest BCUT2D eigenvalue weighted by atomic mass is 10.2. The number of furan rings is 1. The first-order valence-corrected chi connectivity index (χ1v) is 10.0. The van der Waals surface area contributed by atoms with E-state index >= 15 is 0 Å². The van der Waals surface area contributed by atoms with Crippen LogP contribution in [0.25, 0.3) is 17.4 Å². The van der Waals surface area contributed by atoms with Gasteiger partial charge in [0.25, 0.3) is 5.91 Å². The molecule has 1 aliphatic heterocycles. The van der Waals surface area contributed by atoms with Crippen molar-refractivity contribution in [2.75, 3.05) is 11.5 Å². The lowest BCUT2D eigenvalue weighted by molar-refractivity contribution is -0.113. The minimum Gasteiger partial charge on any atom is -0.494 e. The Hall–Kier alpha value is -2.83. The predicted molar refractivity (Wildman–Crippen MR) is 117 cm³/mol.